The molecule has 178 valence electrons. The second kappa shape index (κ2) is 8.49. The monoisotopic (exact) mass is 459 g/mol. The molecule has 0 atom stereocenters. The van der Waals surface area contributed by atoms with E-state index in [-0.39, 0.29) is 11.3 Å². The Balaban J connectivity index is 1.71. The highest BCUT2D eigenvalue weighted by Gasteiger charge is 2.35. The Morgan fingerprint density at radius 3 is 2.56 bits per heavy atom. The van der Waals surface area contributed by atoms with E-state index < -0.39 is 5.91 Å². The van der Waals surface area contributed by atoms with Crippen LogP contribution in [-0.4, -0.2) is 29.5 Å². The summed E-state index contributed by atoms with van der Waals surface area (Å²) in [7, 11) is 1.65. The molecule has 5 rings (SSSR count). The first kappa shape index (κ1) is 22.5. The van der Waals surface area contributed by atoms with Gasteiger partial charge in [-0.15, -0.1) is 0 Å². The number of amides is 1. The van der Waals surface area contributed by atoms with Crippen LogP contribution >= 0.6 is 0 Å². The number of primary amides is 1. The number of hydrogen-bond acceptors (Lipinski definition) is 4. The SMILES string of the molecule is COc1ccc2c(c1)c(-c1ccc(C(N)=O)c(NC3CCCCC3)c1)c1n2C(=O)CC(C)(C)C1. The number of nitrogens with zero attached hydrogens (tertiary/aromatic N) is 1. The molecule has 0 spiro atoms. The van der Waals surface area contributed by atoms with E-state index in [2.05, 4.69) is 19.2 Å². The van der Waals surface area contributed by atoms with Gasteiger partial charge in [0, 0.05) is 34.8 Å². The summed E-state index contributed by atoms with van der Waals surface area (Å²) in [5.74, 6) is 0.423. The van der Waals surface area contributed by atoms with Crippen LogP contribution in [0.5, 0.6) is 5.75 Å². The fourth-order valence-corrected chi connectivity index (χ4v) is 5.73. The van der Waals surface area contributed by atoms with Crippen molar-refractivity contribution in [2.24, 2.45) is 11.1 Å². The highest BCUT2D eigenvalue weighted by Crippen LogP contribution is 2.44. The van der Waals surface area contributed by atoms with Gasteiger partial charge in [-0.1, -0.05) is 39.2 Å². The first-order chi connectivity index (χ1) is 16.3. The third kappa shape index (κ3) is 3.95. The number of nitrogens with one attached hydrogen (secondary N) is 1. The van der Waals surface area contributed by atoms with Crippen LogP contribution in [0.3, 0.4) is 0 Å². The molecule has 0 bridgehead atoms. The van der Waals surface area contributed by atoms with Crippen molar-refractivity contribution < 1.29 is 14.3 Å². The zero-order valence-electron chi connectivity index (χ0n) is 20.2. The Bertz CT molecular complexity index is 1280. The molecule has 1 amide bonds. The molecule has 1 aliphatic carbocycles. The van der Waals surface area contributed by atoms with Crippen LogP contribution < -0.4 is 15.8 Å². The van der Waals surface area contributed by atoms with E-state index in [1.165, 1.54) is 19.3 Å². The van der Waals surface area contributed by atoms with Crippen molar-refractivity contribution in [2.75, 3.05) is 12.4 Å². The molecule has 0 unspecified atom stereocenters. The Hall–Kier alpha value is -3.28. The van der Waals surface area contributed by atoms with E-state index in [0.717, 1.165) is 58.4 Å². The van der Waals surface area contributed by atoms with E-state index in [9.17, 15) is 9.59 Å². The average molecular weight is 460 g/mol. The number of benzene rings is 2. The molecule has 2 aliphatic rings. The number of fused-ring (bicyclic) bond motifs is 3. The molecular formula is C28H33N3O3. The van der Waals surface area contributed by atoms with Crippen LogP contribution in [0.2, 0.25) is 0 Å². The molecule has 1 aromatic heterocycles. The molecule has 2 heterocycles. The van der Waals surface area contributed by atoms with Crippen LogP contribution in [0, 0.1) is 5.41 Å². The van der Waals surface area contributed by atoms with Crippen LogP contribution in [0.15, 0.2) is 36.4 Å². The van der Waals surface area contributed by atoms with Crippen molar-refractivity contribution in [2.45, 2.75) is 64.8 Å². The minimum absolute atomic E-state index is 0.113. The maximum Gasteiger partial charge on any atom is 0.250 e. The zero-order chi connectivity index (χ0) is 24.0. The van der Waals surface area contributed by atoms with Gasteiger partial charge in [-0.3, -0.25) is 14.2 Å². The highest BCUT2D eigenvalue weighted by atomic mass is 16.5. The van der Waals surface area contributed by atoms with Crippen molar-refractivity contribution in [3.63, 3.8) is 0 Å². The van der Waals surface area contributed by atoms with Gasteiger partial charge in [-0.05, 0) is 60.6 Å². The van der Waals surface area contributed by atoms with Gasteiger partial charge in [0.2, 0.25) is 5.91 Å². The number of hydrogen-bond donors (Lipinski definition) is 2. The van der Waals surface area contributed by atoms with Gasteiger partial charge in [0.05, 0.1) is 18.2 Å². The molecule has 34 heavy (non-hydrogen) atoms. The van der Waals surface area contributed by atoms with Gasteiger partial charge in [0.25, 0.3) is 5.91 Å². The number of carbonyl (C=O) groups is 2. The number of ether oxygens (including phenoxy) is 1. The van der Waals surface area contributed by atoms with Crippen molar-refractivity contribution in [1.29, 1.82) is 0 Å². The smallest absolute Gasteiger partial charge is 0.250 e. The molecule has 0 radical (unpaired) electrons. The Kier molecular flexibility index (Phi) is 5.62. The fraction of sp³-hybridized carbons (Fsp3) is 0.429. The lowest BCUT2D eigenvalue weighted by Gasteiger charge is -2.30. The van der Waals surface area contributed by atoms with Gasteiger partial charge in [-0.2, -0.15) is 0 Å². The molecule has 1 aliphatic heterocycles. The van der Waals surface area contributed by atoms with E-state index >= 15 is 0 Å². The van der Waals surface area contributed by atoms with Crippen molar-refractivity contribution >= 4 is 28.4 Å². The minimum Gasteiger partial charge on any atom is -0.497 e. The number of methoxy groups -OCH3 is 1. The maximum atomic E-state index is 13.2. The Labute approximate surface area is 200 Å². The van der Waals surface area contributed by atoms with E-state index in [0.29, 0.717) is 18.0 Å². The first-order valence-electron chi connectivity index (χ1n) is 12.2. The minimum atomic E-state index is -0.438. The number of aromatic nitrogens is 1. The molecule has 0 saturated heterocycles. The highest BCUT2D eigenvalue weighted by molar-refractivity contribution is 6.06. The summed E-state index contributed by atoms with van der Waals surface area (Å²) < 4.78 is 7.40. The summed E-state index contributed by atoms with van der Waals surface area (Å²) in [5.41, 5.74) is 10.8. The largest absolute Gasteiger partial charge is 0.497 e. The lowest BCUT2D eigenvalue weighted by molar-refractivity contribution is 0.0816. The predicted molar refractivity (Wildman–Crippen MR) is 136 cm³/mol. The van der Waals surface area contributed by atoms with Crippen molar-refractivity contribution in [3.8, 4) is 16.9 Å². The second-order valence-electron chi connectivity index (χ2n) is 10.6. The molecule has 3 N–H and O–H groups in total. The molecular weight excluding hydrogens is 426 g/mol. The molecule has 6 heteroatoms. The Morgan fingerprint density at radius 1 is 1.09 bits per heavy atom. The predicted octanol–water partition coefficient (Wildman–Crippen LogP) is 5.77. The standard InChI is InChI=1S/C28H33N3O3/c1-28(2)15-24-26(21-14-19(34-3)10-12-23(21)31(24)25(32)16-28)17-9-11-20(27(29)33)22(13-17)30-18-7-5-4-6-8-18/h9-14,18,30H,4-8,15-16H2,1-3H3,(H2,29,33). The lowest BCUT2D eigenvalue weighted by atomic mass is 9.80. The summed E-state index contributed by atoms with van der Waals surface area (Å²) in [6, 6.07) is 12.0. The maximum absolute atomic E-state index is 13.2. The van der Waals surface area contributed by atoms with Crippen molar-refractivity contribution in [3.05, 3.63) is 47.7 Å². The lowest BCUT2D eigenvalue weighted by Crippen LogP contribution is -2.31. The topological polar surface area (TPSA) is 86.3 Å². The van der Waals surface area contributed by atoms with Crippen molar-refractivity contribution in [1.82, 2.24) is 4.57 Å². The number of carbonyl (C=O) groups excluding carboxylic acids is 2. The molecule has 1 saturated carbocycles. The van der Waals surface area contributed by atoms with Crippen LogP contribution in [0.25, 0.3) is 22.0 Å². The van der Waals surface area contributed by atoms with E-state index in [4.69, 9.17) is 10.5 Å². The second-order valence-corrected chi connectivity index (χ2v) is 10.6. The first-order valence-corrected chi connectivity index (χ1v) is 12.2. The molecule has 1 fully saturated rings. The average Bonchev–Trinajstić information content (AvgIpc) is 3.11. The molecule has 2 aromatic carbocycles. The summed E-state index contributed by atoms with van der Waals surface area (Å²) in [6.07, 6.45) is 7.11. The zero-order valence-corrected chi connectivity index (χ0v) is 20.2. The van der Waals surface area contributed by atoms with Gasteiger partial charge in [0.15, 0.2) is 0 Å². The Morgan fingerprint density at radius 2 is 1.85 bits per heavy atom. The van der Waals surface area contributed by atoms with Gasteiger partial charge in [0.1, 0.15) is 5.75 Å². The van der Waals surface area contributed by atoms with Gasteiger partial charge in [-0.25, -0.2) is 0 Å². The quantitative estimate of drug-likeness (QED) is 0.507. The third-order valence-corrected chi connectivity index (χ3v) is 7.34. The summed E-state index contributed by atoms with van der Waals surface area (Å²) >= 11 is 0. The normalized spacial score (nSPS) is 18.0. The number of nitrogens with two attached hydrogens (primary N) is 1. The van der Waals surface area contributed by atoms with E-state index in [1.54, 1.807) is 7.11 Å². The fourth-order valence-electron chi connectivity index (χ4n) is 5.73. The molecule has 6 nitrogen and oxygen atoms in total. The van der Waals surface area contributed by atoms with E-state index in [1.807, 2.05) is 41.0 Å². The summed E-state index contributed by atoms with van der Waals surface area (Å²) in [6.45, 7) is 4.28. The third-order valence-electron chi connectivity index (χ3n) is 7.34. The number of rotatable bonds is 5. The summed E-state index contributed by atoms with van der Waals surface area (Å²) in [5, 5.41) is 4.59. The van der Waals surface area contributed by atoms with Crippen LogP contribution in [0.4, 0.5) is 5.69 Å². The van der Waals surface area contributed by atoms with Crippen LogP contribution in [0.1, 0.15) is 73.2 Å². The van der Waals surface area contributed by atoms with Gasteiger partial charge < -0.3 is 15.8 Å². The molecule has 3 aromatic rings. The number of anilines is 1. The van der Waals surface area contributed by atoms with Crippen LogP contribution in [-0.2, 0) is 6.42 Å². The summed E-state index contributed by atoms with van der Waals surface area (Å²) in [4.78, 5) is 25.5. The van der Waals surface area contributed by atoms with Gasteiger partial charge >= 0.3 is 0 Å².